The Morgan fingerprint density at radius 1 is 1.62 bits per heavy atom. The van der Waals surface area contributed by atoms with Crippen molar-refractivity contribution in [3.63, 3.8) is 0 Å². The standard InChI is InChI=1S/C9H7ClN2O/c10-7-3-6(4-11)8(5-1-2-5)12-9(7)13/h3,5H,1-2H2,(H,12,13). The maximum atomic E-state index is 11.1. The average molecular weight is 195 g/mol. The summed E-state index contributed by atoms with van der Waals surface area (Å²) in [6, 6.07) is 3.47. The summed E-state index contributed by atoms with van der Waals surface area (Å²) in [5, 5.41) is 8.86. The van der Waals surface area contributed by atoms with Gasteiger partial charge in [0, 0.05) is 11.6 Å². The van der Waals surface area contributed by atoms with Crippen molar-refractivity contribution in [3.8, 4) is 6.07 Å². The molecule has 1 heterocycles. The molecule has 1 aliphatic carbocycles. The molecule has 0 aliphatic heterocycles. The summed E-state index contributed by atoms with van der Waals surface area (Å²) in [5.74, 6) is 0.361. The summed E-state index contributed by atoms with van der Waals surface area (Å²) >= 11 is 5.59. The van der Waals surface area contributed by atoms with Gasteiger partial charge in [0.25, 0.3) is 5.56 Å². The number of aromatic nitrogens is 1. The van der Waals surface area contributed by atoms with Gasteiger partial charge in [-0.05, 0) is 18.9 Å². The molecule has 0 aromatic carbocycles. The summed E-state index contributed by atoms with van der Waals surface area (Å²) in [5.41, 5.74) is 0.937. The number of hydrogen-bond donors (Lipinski definition) is 1. The minimum absolute atomic E-state index is 0.0842. The van der Waals surface area contributed by atoms with Crippen LogP contribution < -0.4 is 5.56 Å². The first-order valence-corrected chi connectivity index (χ1v) is 4.43. The van der Waals surface area contributed by atoms with Gasteiger partial charge in [0.15, 0.2) is 0 Å². The largest absolute Gasteiger partial charge is 0.323 e. The van der Waals surface area contributed by atoms with Gasteiger partial charge in [-0.25, -0.2) is 0 Å². The lowest BCUT2D eigenvalue weighted by Gasteiger charge is -2.00. The molecule has 4 heteroatoms. The van der Waals surface area contributed by atoms with Gasteiger partial charge in [0.2, 0.25) is 0 Å². The number of nitrogens with zero attached hydrogens (tertiary/aromatic N) is 1. The third-order valence-corrected chi connectivity index (χ3v) is 2.41. The van der Waals surface area contributed by atoms with E-state index in [2.05, 4.69) is 4.98 Å². The summed E-state index contributed by atoms with van der Waals surface area (Å²) in [6.45, 7) is 0. The van der Waals surface area contributed by atoms with Crippen molar-refractivity contribution in [2.24, 2.45) is 0 Å². The van der Waals surface area contributed by atoms with E-state index in [0.29, 0.717) is 11.5 Å². The first-order valence-electron chi connectivity index (χ1n) is 4.05. The van der Waals surface area contributed by atoms with Crippen LogP contribution in [0, 0.1) is 11.3 Å². The Bertz CT molecular complexity index is 440. The van der Waals surface area contributed by atoms with Gasteiger partial charge < -0.3 is 4.98 Å². The van der Waals surface area contributed by atoms with Gasteiger partial charge in [-0.3, -0.25) is 4.79 Å². The van der Waals surface area contributed by atoms with Gasteiger partial charge in [0.05, 0.1) is 5.56 Å². The smallest absolute Gasteiger partial charge is 0.267 e. The van der Waals surface area contributed by atoms with Crippen LogP contribution in [0.3, 0.4) is 0 Å². The highest BCUT2D eigenvalue weighted by molar-refractivity contribution is 6.30. The van der Waals surface area contributed by atoms with E-state index in [1.165, 1.54) is 6.07 Å². The van der Waals surface area contributed by atoms with Crippen molar-refractivity contribution in [2.45, 2.75) is 18.8 Å². The lowest BCUT2D eigenvalue weighted by Crippen LogP contribution is -2.10. The Morgan fingerprint density at radius 2 is 2.31 bits per heavy atom. The molecule has 3 nitrogen and oxygen atoms in total. The molecule has 0 radical (unpaired) electrons. The van der Waals surface area contributed by atoms with Gasteiger partial charge in [0.1, 0.15) is 11.1 Å². The van der Waals surface area contributed by atoms with Gasteiger partial charge in [-0.1, -0.05) is 11.6 Å². The number of rotatable bonds is 1. The first kappa shape index (κ1) is 8.33. The van der Waals surface area contributed by atoms with Crippen molar-refractivity contribution in [1.82, 2.24) is 4.98 Å². The second-order valence-electron chi connectivity index (χ2n) is 3.16. The molecule has 1 aliphatic rings. The third kappa shape index (κ3) is 1.45. The number of aromatic amines is 1. The SMILES string of the molecule is N#Cc1cc(Cl)c(=O)[nH]c1C1CC1. The van der Waals surface area contributed by atoms with Gasteiger partial charge >= 0.3 is 0 Å². The van der Waals surface area contributed by atoms with E-state index in [-0.39, 0.29) is 10.6 Å². The van der Waals surface area contributed by atoms with Gasteiger partial charge in [-0.2, -0.15) is 5.26 Å². The third-order valence-electron chi connectivity index (χ3n) is 2.13. The van der Waals surface area contributed by atoms with Crippen LogP contribution >= 0.6 is 11.6 Å². The average Bonchev–Trinajstić information content (AvgIpc) is 2.92. The summed E-state index contributed by atoms with van der Waals surface area (Å²) in [4.78, 5) is 13.8. The molecular weight excluding hydrogens is 188 g/mol. The monoisotopic (exact) mass is 194 g/mol. The minimum atomic E-state index is -0.303. The van der Waals surface area contributed by atoms with Crippen molar-refractivity contribution >= 4 is 11.6 Å². The maximum absolute atomic E-state index is 11.1. The molecule has 0 saturated heterocycles. The van der Waals surface area contributed by atoms with Crippen LogP contribution in [0.15, 0.2) is 10.9 Å². The second kappa shape index (κ2) is 2.90. The second-order valence-corrected chi connectivity index (χ2v) is 3.57. The van der Waals surface area contributed by atoms with Crippen molar-refractivity contribution in [3.05, 3.63) is 32.7 Å². The maximum Gasteiger partial charge on any atom is 0.267 e. The Morgan fingerprint density at radius 3 is 2.85 bits per heavy atom. The van der Waals surface area contributed by atoms with E-state index in [9.17, 15) is 4.79 Å². The zero-order valence-corrected chi connectivity index (χ0v) is 7.56. The van der Waals surface area contributed by atoms with Crippen molar-refractivity contribution in [2.75, 3.05) is 0 Å². The molecule has 1 saturated carbocycles. The molecule has 0 unspecified atom stereocenters. The number of pyridine rings is 1. The molecule has 1 fully saturated rings. The van der Waals surface area contributed by atoms with Crippen LogP contribution in [0.4, 0.5) is 0 Å². The van der Waals surface area contributed by atoms with Crippen LogP contribution in [0.5, 0.6) is 0 Å². The number of hydrogen-bond acceptors (Lipinski definition) is 2. The summed E-state index contributed by atoms with van der Waals surface area (Å²) in [6.07, 6.45) is 2.10. The van der Waals surface area contributed by atoms with E-state index in [1.54, 1.807) is 0 Å². The summed E-state index contributed by atoms with van der Waals surface area (Å²) < 4.78 is 0. The molecule has 1 aromatic rings. The van der Waals surface area contributed by atoms with Crippen LogP contribution in [0.2, 0.25) is 5.02 Å². The van der Waals surface area contributed by atoms with Crippen molar-refractivity contribution in [1.29, 1.82) is 5.26 Å². The predicted octanol–water partition coefficient (Wildman–Crippen LogP) is 1.78. The summed E-state index contributed by atoms with van der Waals surface area (Å²) in [7, 11) is 0. The highest BCUT2D eigenvalue weighted by atomic mass is 35.5. The van der Waals surface area contributed by atoms with Gasteiger partial charge in [-0.15, -0.1) is 0 Å². The molecule has 13 heavy (non-hydrogen) atoms. The molecule has 0 bridgehead atoms. The fourth-order valence-electron chi connectivity index (χ4n) is 1.31. The lowest BCUT2D eigenvalue weighted by atomic mass is 10.1. The minimum Gasteiger partial charge on any atom is -0.323 e. The molecule has 0 amide bonds. The quantitative estimate of drug-likeness (QED) is 0.741. The zero-order chi connectivity index (χ0) is 9.42. The van der Waals surface area contributed by atoms with E-state index in [4.69, 9.17) is 16.9 Å². The fourth-order valence-corrected chi connectivity index (χ4v) is 1.46. The zero-order valence-electron chi connectivity index (χ0n) is 6.80. The van der Waals surface area contributed by atoms with Crippen LogP contribution in [-0.2, 0) is 0 Å². The van der Waals surface area contributed by atoms with E-state index < -0.39 is 0 Å². The predicted molar refractivity (Wildman–Crippen MR) is 48.8 cm³/mol. The lowest BCUT2D eigenvalue weighted by molar-refractivity contribution is 0.989. The number of halogens is 1. The number of nitriles is 1. The Balaban J connectivity index is 2.60. The highest BCUT2D eigenvalue weighted by Crippen LogP contribution is 2.40. The van der Waals surface area contributed by atoms with Crippen molar-refractivity contribution < 1.29 is 0 Å². The fraction of sp³-hybridized carbons (Fsp3) is 0.333. The molecule has 1 N–H and O–H groups in total. The van der Waals surface area contributed by atoms with E-state index >= 15 is 0 Å². The Labute approximate surface area is 80.0 Å². The highest BCUT2D eigenvalue weighted by Gasteiger charge is 2.27. The Kier molecular flexibility index (Phi) is 1.86. The van der Waals surface area contributed by atoms with E-state index in [0.717, 1.165) is 18.5 Å². The molecule has 1 aromatic heterocycles. The van der Waals surface area contributed by atoms with Crippen LogP contribution in [-0.4, -0.2) is 4.98 Å². The number of nitrogens with one attached hydrogen (secondary N) is 1. The molecule has 66 valence electrons. The first-order chi connectivity index (χ1) is 6.22. The van der Waals surface area contributed by atoms with Crippen LogP contribution in [0.25, 0.3) is 0 Å². The molecular formula is C9H7ClN2O. The van der Waals surface area contributed by atoms with E-state index in [1.807, 2.05) is 6.07 Å². The normalized spacial score (nSPS) is 15.4. The van der Waals surface area contributed by atoms with Crippen LogP contribution in [0.1, 0.15) is 30.0 Å². The topological polar surface area (TPSA) is 56.6 Å². The molecule has 0 atom stereocenters. The Hall–Kier alpha value is -1.27. The molecule has 0 spiro atoms. The number of H-pyrrole nitrogens is 1. The molecule has 2 rings (SSSR count).